The largest absolute Gasteiger partial charge is 0.465 e. The van der Waals surface area contributed by atoms with Crippen molar-refractivity contribution >= 4 is 11.5 Å². The van der Waals surface area contributed by atoms with Gasteiger partial charge >= 0.3 is 5.97 Å². The molecule has 2 rings (SSSR count). The van der Waals surface area contributed by atoms with E-state index < -0.39 is 11.8 Å². The summed E-state index contributed by atoms with van der Waals surface area (Å²) in [6.45, 7) is 0. The van der Waals surface area contributed by atoms with Crippen LogP contribution in [0.1, 0.15) is 10.4 Å². The van der Waals surface area contributed by atoms with E-state index >= 15 is 0 Å². The molecule has 0 fully saturated rings. The highest BCUT2D eigenvalue weighted by Gasteiger charge is 2.15. The van der Waals surface area contributed by atoms with Crippen LogP contribution in [-0.4, -0.2) is 22.7 Å². The first kappa shape index (κ1) is 8.68. The highest BCUT2D eigenvalue weighted by Crippen LogP contribution is 2.14. The van der Waals surface area contributed by atoms with Crippen LogP contribution in [0.15, 0.2) is 24.5 Å². The van der Waals surface area contributed by atoms with Crippen molar-refractivity contribution in [2.24, 2.45) is 0 Å². The van der Waals surface area contributed by atoms with Crippen molar-refractivity contribution < 1.29 is 13.9 Å². The van der Waals surface area contributed by atoms with E-state index in [9.17, 15) is 9.18 Å². The molecule has 0 aliphatic carbocycles. The summed E-state index contributed by atoms with van der Waals surface area (Å²) in [5.74, 6) is -1.09. The molecule has 0 aliphatic heterocycles. The maximum absolute atomic E-state index is 13.3. The zero-order chi connectivity index (χ0) is 10.1. The summed E-state index contributed by atoms with van der Waals surface area (Å²) in [7, 11) is 1.24. The first-order chi connectivity index (χ1) is 6.74. The first-order valence-corrected chi connectivity index (χ1v) is 3.94. The molecule has 2 aromatic heterocycles. The maximum atomic E-state index is 13.3. The summed E-state index contributed by atoms with van der Waals surface area (Å²) < 4.78 is 19.1. The molecule has 72 valence electrons. The molecule has 2 aromatic rings. The van der Waals surface area contributed by atoms with E-state index in [0.717, 1.165) is 0 Å². The van der Waals surface area contributed by atoms with Crippen LogP contribution in [-0.2, 0) is 4.74 Å². The van der Waals surface area contributed by atoms with Crippen molar-refractivity contribution in [2.75, 3.05) is 7.11 Å². The van der Waals surface area contributed by atoms with Crippen LogP contribution in [0.4, 0.5) is 4.39 Å². The maximum Gasteiger partial charge on any atom is 0.341 e. The van der Waals surface area contributed by atoms with Crippen LogP contribution >= 0.6 is 0 Å². The van der Waals surface area contributed by atoms with Crippen molar-refractivity contribution in [3.8, 4) is 0 Å². The van der Waals surface area contributed by atoms with Gasteiger partial charge in [0.25, 0.3) is 0 Å². The molecular formula is C9H7FN2O2. The summed E-state index contributed by atoms with van der Waals surface area (Å²) >= 11 is 0. The van der Waals surface area contributed by atoms with Gasteiger partial charge in [0.2, 0.25) is 0 Å². The molecule has 0 N–H and O–H groups in total. The minimum Gasteiger partial charge on any atom is -0.465 e. The number of hydrogen-bond donors (Lipinski definition) is 0. The van der Waals surface area contributed by atoms with Crippen LogP contribution in [0.3, 0.4) is 0 Å². The molecule has 0 atom stereocenters. The number of rotatable bonds is 1. The lowest BCUT2D eigenvalue weighted by molar-refractivity contribution is 0.0602. The molecule has 0 saturated carbocycles. The average Bonchev–Trinajstić information content (AvgIpc) is 2.62. The van der Waals surface area contributed by atoms with Gasteiger partial charge in [0.15, 0.2) is 0 Å². The van der Waals surface area contributed by atoms with Crippen LogP contribution in [0.2, 0.25) is 0 Å². The van der Waals surface area contributed by atoms with E-state index in [-0.39, 0.29) is 11.1 Å². The fourth-order valence-corrected chi connectivity index (χ4v) is 1.26. The Labute approximate surface area is 78.9 Å². The molecule has 0 aliphatic rings. The Balaban J connectivity index is 2.73. The van der Waals surface area contributed by atoms with Crippen molar-refractivity contribution in [3.05, 3.63) is 35.9 Å². The van der Waals surface area contributed by atoms with Gasteiger partial charge in [-0.15, -0.1) is 0 Å². The van der Waals surface area contributed by atoms with E-state index in [1.54, 1.807) is 6.20 Å². The summed E-state index contributed by atoms with van der Waals surface area (Å²) in [6.07, 6.45) is 2.84. The predicted molar refractivity (Wildman–Crippen MR) is 46.5 cm³/mol. The Morgan fingerprint density at radius 2 is 2.43 bits per heavy atom. The van der Waals surface area contributed by atoms with Gasteiger partial charge in [-0.05, 0) is 12.1 Å². The van der Waals surface area contributed by atoms with Crippen LogP contribution in [0.5, 0.6) is 0 Å². The molecule has 0 radical (unpaired) electrons. The number of halogens is 1. The summed E-state index contributed by atoms with van der Waals surface area (Å²) in [5, 5.41) is 3.82. The fourth-order valence-electron chi connectivity index (χ4n) is 1.26. The highest BCUT2D eigenvalue weighted by molar-refractivity contribution is 5.96. The van der Waals surface area contributed by atoms with Gasteiger partial charge in [-0.2, -0.15) is 5.10 Å². The van der Waals surface area contributed by atoms with Gasteiger partial charge in [-0.3, -0.25) is 0 Å². The van der Waals surface area contributed by atoms with E-state index in [2.05, 4.69) is 9.84 Å². The number of esters is 1. The zero-order valence-corrected chi connectivity index (χ0v) is 7.40. The first-order valence-electron chi connectivity index (χ1n) is 3.94. The van der Waals surface area contributed by atoms with Gasteiger partial charge in [0, 0.05) is 6.20 Å². The third-order valence-corrected chi connectivity index (χ3v) is 1.90. The number of hydrogen-bond acceptors (Lipinski definition) is 3. The van der Waals surface area contributed by atoms with Crippen molar-refractivity contribution in [1.29, 1.82) is 0 Å². The van der Waals surface area contributed by atoms with Crippen LogP contribution in [0, 0.1) is 5.82 Å². The summed E-state index contributed by atoms with van der Waals surface area (Å²) in [4.78, 5) is 11.2. The topological polar surface area (TPSA) is 43.6 Å². The second-order valence-corrected chi connectivity index (χ2v) is 2.70. The van der Waals surface area contributed by atoms with Crippen molar-refractivity contribution in [1.82, 2.24) is 9.61 Å². The predicted octanol–water partition coefficient (Wildman–Crippen LogP) is 1.26. The molecule has 0 saturated heterocycles. The Bertz CT molecular complexity index is 493. The third-order valence-electron chi connectivity index (χ3n) is 1.90. The number of carbonyl (C=O) groups excluding carboxylic acids is 1. The molecule has 4 nitrogen and oxygen atoms in total. The molecule has 0 spiro atoms. The Hall–Kier alpha value is -1.91. The number of methoxy groups -OCH3 is 1. The number of fused-ring (bicyclic) bond motifs is 1. The van der Waals surface area contributed by atoms with E-state index in [4.69, 9.17) is 0 Å². The zero-order valence-electron chi connectivity index (χ0n) is 7.40. The number of pyridine rings is 1. The van der Waals surface area contributed by atoms with Gasteiger partial charge in [0.05, 0.1) is 13.3 Å². The summed E-state index contributed by atoms with van der Waals surface area (Å²) in [5.41, 5.74) is 0.268. The molecule has 0 bridgehead atoms. The molecule has 5 heteroatoms. The minimum atomic E-state index is -0.592. The summed E-state index contributed by atoms with van der Waals surface area (Å²) in [6, 6.07) is 2.78. The van der Waals surface area contributed by atoms with Crippen molar-refractivity contribution in [2.45, 2.75) is 0 Å². The lowest BCUT2D eigenvalue weighted by atomic mass is 10.2. The number of aromatic nitrogens is 2. The SMILES string of the molecule is COC(=O)c1cnn2cccc(F)c12. The normalized spacial score (nSPS) is 10.4. The molecule has 2 heterocycles. The highest BCUT2D eigenvalue weighted by atomic mass is 19.1. The van der Waals surface area contributed by atoms with E-state index in [1.807, 2.05) is 0 Å². The van der Waals surface area contributed by atoms with Crippen LogP contribution in [0.25, 0.3) is 5.52 Å². The number of nitrogens with zero attached hydrogens (tertiary/aromatic N) is 2. The average molecular weight is 194 g/mol. The number of ether oxygens (including phenoxy) is 1. The lowest BCUT2D eigenvalue weighted by Gasteiger charge is -1.97. The van der Waals surface area contributed by atoms with E-state index in [0.29, 0.717) is 0 Å². The van der Waals surface area contributed by atoms with Gasteiger partial charge in [-0.1, -0.05) is 0 Å². The quantitative estimate of drug-likeness (QED) is 0.642. The smallest absolute Gasteiger partial charge is 0.341 e. The second kappa shape index (κ2) is 3.10. The standard InChI is InChI=1S/C9H7FN2O2/c1-14-9(13)6-5-11-12-4-2-3-7(10)8(6)12/h2-5H,1H3. The van der Waals surface area contributed by atoms with Gasteiger partial charge in [-0.25, -0.2) is 13.7 Å². The van der Waals surface area contributed by atoms with Gasteiger partial charge in [0.1, 0.15) is 16.9 Å². The lowest BCUT2D eigenvalue weighted by Crippen LogP contribution is -2.01. The third kappa shape index (κ3) is 1.14. The minimum absolute atomic E-state index is 0.130. The second-order valence-electron chi connectivity index (χ2n) is 2.70. The van der Waals surface area contributed by atoms with Gasteiger partial charge < -0.3 is 4.74 Å². The van der Waals surface area contributed by atoms with Crippen molar-refractivity contribution in [3.63, 3.8) is 0 Å². The molecular weight excluding hydrogens is 187 g/mol. The fraction of sp³-hybridized carbons (Fsp3) is 0.111. The molecule has 14 heavy (non-hydrogen) atoms. The van der Waals surface area contributed by atoms with E-state index in [1.165, 1.54) is 30.0 Å². The van der Waals surface area contributed by atoms with Crippen LogP contribution < -0.4 is 0 Å². The monoisotopic (exact) mass is 194 g/mol. The Kier molecular flexibility index (Phi) is 1.92. The molecule has 0 amide bonds. The Morgan fingerprint density at radius 3 is 3.14 bits per heavy atom. The molecule has 0 aromatic carbocycles. The Morgan fingerprint density at radius 1 is 1.64 bits per heavy atom. The molecule has 0 unspecified atom stereocenters. The number of carbonyl (C=O) groups is 1.